The van der Waals surface area contributed by atoms with Gasteiger partial charge in [0.25, 0.3) is 0 Å². The largest absolute Gasteiger partial charge is 0.380 e. The number of hydrogen-bond acceptors (Lipinski definition) is 6. The van der Waals surface area contributed by atoms with Gasteiger partial charge in [-0.15, -0.1) is 0 Å². The fourth-order valence-corrected chi connectivity index (χ4v) is 3.77. The van der Waals surface area contributed by atoms with Gasteiger partial charge in [0.2, 0.25) is 11.8 Å². The smallest absolute Gasteiger partial charge is 0.244 e. The molecule has 0 spiro atoms. The third-order valence-corrected chi connectivity index (χ3v) is 5.82. The van der Waals surface area contributed by atoms with E-state index in [0.717, 1.165) is 0 Å². The van der Waals surface area contributed by atoms with E-state index in [0.29, 0.717) is 25.1 Å². The Hall–Kier alpha value is -1.41. The molecule has 1 amide bonds. The molecule has 1 aliphatic heterocycles. The highest BCUT2D eigenvalue weighted by Crippen LogP contribution is 2.20. The van der Waals surface area contributed by atoms with Crippen molar-refractivity contribution in [1.29, 1.82) is 0 Å². The molecule has 1 fully saturated rings. The Labute approximate surface area is 117 Å². The maximum absolute atomic E-state index is 12.3. The van der Waals surface area contributed by atoms with Crippen LogP contribution in [-0.2, 0) is 19.4 Å². The summed E-state index contributed by atoms with van der Waals surface area (Å²) in [6, 6.07) is 1.53. The van der Waals surface area contributed by atoms with E-state index in [4.69, 9.17) is 9.26 Å². The molecule has 1 saturated heterocycles. The minimum atomic E-state index is -3.57. The second-order valence-electron chi connectivity index (χ2n) is 4.89. The average molecular weight is 302 g/mol. The van der Waals surface area contributed by atoms with E-state index < -0.39 is 26.2 Å². The van der Waals surface area contributed by atoms with Crippen molar-refractivity contribution in [1.82, 2.24) is 5.16 Å². The third-order valence-electron chi connectivity index (χ3n) is 3.32. The zero-order valence-corrected chi connectivity index (χ0v) is 12.3. The topological polar surface area (TPSA) is 98.5 Å². The first-order valence-corrected chi connectivity index (χ1v) is 8.07. The fraction of sp³-hybridized carbons (Fsp3) is 0.667. The second kappa shape index (κ2) is 5.92. The van der Waals surface area contributed by atoms with Gasteiger partial charge < -0.3 is 9.26 Å². The van der Waals surface area contributed by atoms with Crippen LogP contribution in [0.2, 0.25) is 0 Å². The first kappa shape index (κ1) is 15.0. The molecule has 1 aromatic rings. The Morgan fingerprint density at radius 3 is 2.85 bits per heavy atom. The van der Waals surface area contributed by atoms with Gasteiger partial charge in [-0.05, 0) is 26.7 Å². The molecule has 2 atom stereocenters. The van der Waals surface area contributed by atoms with E-state index in [1.165, 1.54) is 13.0 Å². The van der Waals surface area contributed by atoms with Crippen molar-refractivity contribution in [2.24, 2.45) is 0 Å². The molecule has 20 heavy (non-hydrogen) atoms. The number of carbonyl (C=O) groups excluding carboxylic acids is 1. The molecule has 8 heteroatoms. The highest BCUT2D eigenvalue weighted by Gasteiger charge is 2.37. The zero-order valence-electron chi connectivity index (χ0n) is 11.5. The van der Waals surface area contributed by atoms with E-state index in [1.54, 1.807) is 6.92 Å². The van der Waals surface area contributed by atoms with Crippen molar-refractivity contribution in [3.8, 4) is 0 Å². The summed E-state index contributed by atoms with van der Waals surface area (Å²) in [5.74, 6) is -0.471. The van der Waals surface area contributed by atoms with Crippen molar-refractivity contribution in [2.45, 2.75) is 37.2 Å². The van der Waals surface area contributed by atoms with Crippen LogP contribution in [0.5, 0.6) is 0 Å². The highest BCUT2D eigenvalue weighted by atomic mass is 32.2. The normalized spacial score (nSPS) is 21.4. The van der Waals surface area contributed by atoms with Crippen molar-refractivity contribution in [3.63, 3.8) is 0 Å². The van der Waals surface area contributed by atoms with Crippen molar-refractivity contribution in [2.75, 3.05) is 18.5 Å². The summed E-state index contributed by atoms with van der Waals surface area (Å²) >= 11 is 0. The summed E-state index contributed by atoms with van der Waals surface area (Å²) < 4.78 is 34.7. The summed E-state index contributed by atoms with van der Waals surface area (Å²) in [6.07, 6.45) is 1.22. The number of aryl methyl sites for hydroxylation is 1. The molecular formula is C12H18N2O5S. The molecule has 0 bridgehead atoms. The lowest BCUT2D eigenvalue weighted by Gasteiger charge is -2.24. The molecule has 0 aliphatic carbocycles. The zero-order chi connectivity index (χ0) is 14.8. The van der Waals surface area contributed by atoms with Crippen LogP contribution in [0.3, 0.4) is 0 Å². The Balaban J connectivity index is 2.05. The van der Waals surface area contributed by atoms with Crippen LogP contribution in [-0.4, -0.2) is 43.2 Å². The van der Waals surface area contributed by atoms with Gasteiger partial charge in [0.15, 0.2) is 9.84 Å². The van der Waals surface area contributed by atoms with Crippen LogP contribution in [0.1, 0.15) is 25.5 Å². The number of hydrogen-bond donors (Lipinski definition) is 1. The summed E-state index contributed by atoms with van der Waals surface area (Å²) in [5, 5.41) is 4.27. The van der Waals surface area contributed by atoms with Gasteiger partial charge in [0, 0.05) is 12.7 Å². The first-order chi connectivity index (χ1) is 9.41. The fourth-order valence-electron chi connectivity index (χ4n) is 2.05. The van der Waals surface area contributed by atoms with E-state index in [1.807, 2.05) is 0 Å². The Morgan fingerprint density at radius 1 is 1.55 bits per heavy atom. The molecule has 7 nitrogen and oxygen atoms in total. The maximum Gasteiger partial charge on any atom is 0.244 e. The number of carbonyl (C=O) groups is 1. The number of nitrogens with one attached hydrogen (secondary N) is 1. The molecule has 1 aliphatic rings. The van der Waals surface area contributed by atoms with Crippen LogP contribution >= 0.6 is 0 Å². The SMILES string of the molecule is Cc1cc(NC(=O)[C@H](C)S(=O)(=O)[C@H]2CCCOC2)on1. The monoisotopic (exact) mass is 302 g/mol. The van der Waals surface area contributed by atoms with Gasteiger partial charge in [0.05, 0.1) is 17.6 Å². The highest BCUT2D eigenvalue weighted by molar-refractivity contribution is 7.93. The Bertz CT molecular complexity index is 574. The third kappa shape index (κ3) is 3.18. The number of sulfone groups is 1. The molecule has 0 saturated carbocycles. The van der Waals surface area contributed by atoms with Gasteiger partial charge in [0.1, 0.15) is 5.25 Å². The Kier molecular flexibility index (Phi) is 4.44. The van der Waals surface area contributed by atoms with E-state index in [2.05, 4.69) is 10.5 Å². The minimum absolute atomic E-state index is 0.148. The number of amides is 1. The van der Waals surface area contributed by atoms with E-state index >= 15 is 0 Å². The van der Waals surface area contributed by atoms with E-state index in [9.17, 15) is 13.2 Å². The van der Waals surface area contributed by atoms with Crippen molar-refractivity contribution in [3.05, 3.63) is 11.8 Å². The van der Waals surface area contributed by atoms with Crippen molar-refractivity contribution >= 4 is 21.6 Å². The lowest BCUT2D eigenvalue weighted by molar-refractivity contribution is -0.115. The first-order valence-electron chi connectivity index (χ1n) is 6.46. The lowest BCUT2D eigenvalue weighted by Crippen LogP contribution is -2.42. The van der Waals surface area contributed by atoms with Crippen LogP contribution in [0.15, 0.2) is 10.6 Å². The standard InChI is InChI=1S/C12H18N2O5S/c1-8-6-11(19-14-8)13-12(15)9(2)20(16,17)10-4-3-5-18-7-10/h6,9-10H,3-5,7H2,1-2H3,(H,13,15)/t9-,10-/m0/s1. The van der Waals surface area contributed by atoms with Crippen LogP contribution in [0.25, 0.3) is 0 Å². The number of nitrogens with zero attached hydrogens (tertiary/aromatic N) is 1. The summed E-state index contributed by atoms with van der Waals surface area (Å²) in [5.41, 5.74) is 0.608. The number of ether oxygens (including phenoxy) is 1. The molecule has 2 rings (SSSR count). The van der Waals surface area contributed by atoms with Gasteiger partial charge in [-0.25, -0.2) is 8.42 Å². The maximum atomic E-state index is 12.3. The molecule has 1 aromatic heterocycles. The van der Waals surface area contributed by atoms with Gasteiger partial charge in [-0.1, -0.05) is 5.16 Å². The molecule has 112 valence electrons. The van der Waals surface area contributed by atoms with E-state index in [-0.39, 0.29) is 12.5 Å². The summed E-state index contributed by atoms with van der Waals surface area (Å²) in [6.45, 7) is 3.81. The molecular weight excluding hydrogens is 284 g/mol. The van der Waals surface area contributed by atoms with Gasteiger partial charge in [-0.2, -0.15) is 0 Å². The predicted octanol–water partition coefficient (Wildman–Crippen LogP) is 0.904. The number of anilines is 1. The number of rotatable bonds is 4. The number of aromatic nitrogens is 1. The predicted molar refractivity (Wildman–Crippen MR) is 72.1 cm³/mol. The van der Waals surface area contributed by atoms with Crippen molar-refractivity contribution < 1.29 is 22.5 Å². The second-order valence-corrected chi connectivity index (χ2v) is 7.44. The quantitative estimate of drug-likeness (QED) is 0.887. The molecule has 1 N–H and O–H groups in total. The van der Waals surface area contributed by atoms with Crippen LogP contribution in [0.4, 0.5) is 5.88 Å². The van der Waals surface area contributed by atoms with Gasteiger partial charge >= 0.3 is 0 Å². The molecule has 0 aromatic carbocycles. The Morgan fingerprint density at radius 2 is 2.30 bits per heavy atom. The lowest BCUT2D eigenvalue weighted by atomic mass is 10.2. The molecule has 2 heterocycles. The summed E-state index contributed by atoms with van der Waals surface area (Å²) in [7, 11) is -3.57. The minimum Gasteiger partial charge on any atom is -0.380 e. The van der Waals surface area contributed by atoms with Crippen LogP contribution < -0.4 is 5.32 Å². The average Bonchev–Trinajstić information content (AvgIpc) is 2.84. The van der Waals surface area contributed by atoms with Crippen LogP contribution in [0, 0.1) is 6.92 Å². The molecule has 0 radical (unpaired) electrons. The molecule has 0 unspecified atom stereocenters. The van der Waals surface area contributed by atoms with Gasteiger partial charge in [-0.3, -0.25) is 10.1 Å². The summed E-state index contributed by atoms with van der Waals surface area (Å²) in [4.78, 5) is 12.0.